The quantitative estimate of drug-likeness (QED) is 0.315. The highest BCUT2D eigenvalue weighted by Crippen LogP contribution is 2.11. The van der Waals surface area contributed by atoms with Gasteiger partial charge in [0.15, 0.2) is 11.6 Å². The lowest BCUT2D eigenvalue weighted by molar-refractivity contribution is -0.151. The first kappa shape index (κ1) is 23.1. The Kier molecular flexibility index (Phi) is 12.1. The third kappa shape index (κ3) is 11.4. The van der Waals surface area contributed by atoms with Crippen LogP contribution in [-0.4, -0.2) is 18.5 Å². The standard InChI is InChI=1S/C21H30F2O4/c1-2-3-4-5-6-7-8-9-14-26-20(24)12-13-21(25)27-16-17-10-11-18(22)19(23)15-17/h10-11,15H,2-9,12-14,16H2,1H3. The Morgan fingerprint density at radius 1 is 0.815 bits per heavy atom. The second kappa shape index (κ2) is 14.1. The molecule has 0 N–H and O–H groups in total. The molecule has 0 aliphatic heterocycles. The molecule has 0 unspecified atom stereocenters. The van der Waals surface area contributed by atoms with Crippen LogP contribution in [0.4, 0.5) is 8.78 Å². The van der Waals surface area contributed by atoms with Crippen molar-refractivity contribution in [3.8, 4) is 0 Å². The summed E-state index contributed by atoms with van der Waals surface area (Å²) in [5, 5.41) is 0. The molecular formula is C21H30F2O4. The Labute approximate surface area is 160 Å². The maximum Gasteiger partial charge on any atom is 0.306 e. The molecule has 0 fully saturated rings. The second-order valence-corrected chi connectivity index (χ2v) is 6.60. The van der Waals surface area contributed by atoms with Gasteiger partial charge in [0.05, 0.1) is 19.4 Å². The number of benzene rings is 1. The van der Waals surface area contributed by atoms with Crippen molar-refractivity contribution in [1.82, 2.24) is 0 Å². The van der Waals surface area contributed by atoms with Gasteiger partial charge in [0.25, 0.3) is 0 Å². The van der Waals surface area contributed by atoms with Crippen molar-refractivity contribution in [1.29, 1.82) is 0 Å². The number of ether oxygens (including phenoxy) is 2. The van der Waals surface area contributed by atoms with Gasteiger partial charge in [0, 0.05) is 0 Å². The monoisotopic (exact) mass is 384 g/mol. The third-order valence-electron chi connectivity index (χ3n) is 4.18. The fraction of sp³-hybridized carbons (Fsp3) is 0.619. The normalized spacial score (nSPS) is 10.6. The fourth-order valence-corrected chi connectivity index (χ4v) is 2.56. The Morgan fingerprint density at radius 2 is 1.41 bits per heavy atom. The first-order valence-corrected chi connectivity index (χ1v) is 9.78. The minimum atomic E-state index is -0.993. The predicted molar refractivity (Wildman–Crippen MR) is 99.0 cm³/mol. The maximum atomic E-state index is 13.0. The summed E-state index contributed by atoms with van der Waals surface area (Å²) >= 11 is 0. The van der Waals surface area contributed by atoms with Crippen LogP contribution < -0.4 is 0 Å². The zero-order valence-electron chi connectivity index (χ0n) is 16.1. The molecule has 1 rings (SSSR count). The summed E-state index contributed by atoms with van der Waals surface area (Å²) in [6.45, 7) is 2.40. The molecule has 0 atom stereocenters. The van der Waals surface area contributed by atoms with Gasteiger partial charge in [0.1, 0.15) is 6.61 Å². The summed E-state index contributed by atoms with van der Waals surface area (Å²) in [7, 11) is 0. The molecule has 0 saturated heterocycles. The van der Waals surface area contributed by atoms with Crippen molar-refractivity contribution in [2.75, 3.05) is 6.61 Å². The molecule has 0 aromatic heterocycles. The second-order valence-electron chi connectivity index (χ2n) is 6.60. The minimum absolute atomic E-state index is 0.0480. The molecule has 27 heavy (non-hydrogen) atoms. The summed E-state index contributed by atoms with van der Waals surface area (Å²) in [5.74, 6) is -2.95. The molecular weight excluding hydrogens is 354 g/mol. The van der Waals surface area contributed by atoms with Gasteiger partial charge in [-0.1, -0.05) is 57.9 Å². The summed E-state index contributed by atoms with van der Waals surface area (Å²) in [4.78, 5) is 23.2. The van der Waals surface area contributed by atoms with Crippen LogP contribution in [0.15, 0.2) is 18.2 Å². The Hall–Kier alpha value is -1.98. The van der Waals surface area contributed by atoms with Gasteiger partial charge in [-0.25, -0.2) is 8.78 Å². The van der Waals surface area contributed by atoms with E-state index < -0.39 is 23.6 Å². The van der Waals surface area contributed by atoms with E-state index in [1.54, 1.807) is 0 Å². The SMILES string of the molecule is CCCCCCCCCCOC(=O)CCC(=O)OCc1ccc(F)c(F)c1. The fourth-order valence-electron chi connectivity index (χ4n) is 2.56. The van der Waals surface area contributed by atoms with Crippen LogP contribution in [-0.2, 0) is 25.7 Å². The number of halogens is 2. The van der Waals surface area contributed by atoms with Crippen molar-refractivity contribution in [3.63, 3.8) is 0 Å². The lowest BCUT2D eigenvalue weighted by atomic mass is 10.1. The van der Waals surface area contributed by atoms with Crippen LogP contribution in [0.1, 0.15) is 76.7 Å². The number of esters is 2. The van der Waals surface area contributed by atoms with Gasteiger partial charge < -0.3 is 9.47 Å². The molecule has 0 heterocycles. The molecule has 4 nitrogen and oxygen atoms in total. The first-order valence-electron chi connectivity index (χ1n) is 9.78. The van der Waals surface area contributed by atoms with Crippen molar-refractivity contribution in [2.45, 2.75) is 77.7 Å². The third-order valence-corrected chi connectivity index (χ3v) is 4.18. The number of hydrogen-bond acceptors (Lipinski definition) is 4. The average molecular weight is 384 g/mol. The molecule has 0 aliphatic carbocycles. The van der Waals surface area contributed by atoms with E-state index in [0.717, 1.165) is 31.4 Å². The molecule has 6 heteroatoms. The van der Waals surface area contributed by atoms with Crippen LogP contribution >= 0.6 is 0 Å². The van der Waals surface area contributed by atoms with Gasteiger partial charge in [-0.2, -0.15) is 0 Å². The van der Waals surface area contributed by atoms with E-state index in [1.165, 1.54) is 38.2 Å². The largest absolute Gasteiger partial charge is 0.466 e. The molecule has 1 aromatic rings. The number of rotatable bonds is 14. The highest BCUT2D eigenvalue weighted by molar-refractivity contribution is 5.77. The lowest BCUT2D eigenvalue weighted by Crippen LogP contribution is -2.11. The van der Waals surface area contributed by atoms with Gasteiger partial charge in [-0.15, -0.1) is 0 Å². The molecule has 0 saturated carbocycles. The minimum Gasteiger partial charge on any atom is -0.466 e. The number of carbonyl (C=O) groups excluding carboxylic acids is 2. The zero-order valence-corrected chi connectivity index (χ0v) is 16.1. The predicted octanol–water partition coefficient (Wildman–Crippen LogP) is 5.47. The molecule has 0 spiro atoms. The summed E-state index contributed by atoms with van der Waals surface area (Å²) in [5.41, 5.74) is 0.347. The van der Waals surface area contributed by atoms with Crippen LogP contribution in [0.3, 0.4) is 0 Å². The van der Waals surface area contributed by atoms with Gasteiger partial charge in [-0.05, 0) is 24.1 Å². The van der Waals surface area contributed by atoms with Crippen molar-refractivity contribution in [3.05, 3.63) is 35.4 Å². The Morgan fingerprint density at radius 3 is 2.04 bits per heavy atom. The molecule has 0 aliphatic rings. The zero-order chi connectivity index (χ0) is 19.9. The highest BCUT2D eigenvalue weighted by atomic mass is 19.2. The number of hydrogen-bond donors (Lipinski definition) is 0. The van der Waals surface area contributed by atoms with Gasteiger partial charge in [-0.3, -0.25) is 9.59 Å². The molecule has 0 bridgehead atoms. The number of carbonyl (C=O) groups is 2. The average Bonchev–Trinajstić information content (AvgIpc) is 2.66. The van der Waals surface area contributed by atoms with Gasteiger partial charge in [0.2, 0.25) is 0 Å². The molecule has 1 aromatic carbocycles. The van der Waals surface area contributed by atoms with E-state index in [2.05, 4.69) is 6.92 Å². The maximum absolute atomic E-state index is 13.0. The van der Waals surface area contributed by atoms with E-state index >= 15 is 0 Å². The molecule has 0 radical (unpaired) electrons. The molecule has 0 amide bonds. The van der Waals surface area contributed by atoms with E-state index in [-0.39, 0.29) is 19.4 Å². The molecule has 152 valence electrons. The van der Waals surface area contributed by atoms with Crippen LogP contribution in [0.25, 0.3) is 0 Å². The van der Waals surface area contributed by atoms with Crippen LogP contribution in [0.5, 0.6) is 0 Å². The van der Waals surface area contributed by atoms with E-state index in [4.69, 9.17) is 9.47 Å². The Balaban J connectivity index is 2.02. The van der Waals surface area contributed by atoms with E-state index in [9.17, 15) is 18.4 Å². The van der Waals surface area contributed by atoms with Gasteiger partial charge >= 0.3 is 11.9 Å². The van der Waals surface area contributed by atoms with Crippen molar-refractivity contribution >= 4 is 11.9 Å². The van der Waals surface area contributed by atoms with Crippen LogP contribution in [0.2, 0.25) is 0 Å². The summed E-state index contributed by atoms with van der Waals surface area (Å²) in [6, 6.07) is 3.28. The number of unbranched alkanes of at least 4 members (excludes halogenated alkanes) is 7. The van der Waals surface area contributed by atoms with E-state index in [1.807, 2.05) is 0 Å². The summed E-state index contributed by atoms with van der Waals surface area (Å²) < 4.78 is 35.9. The van der Waals surface area contributed by atoms with Crippen molar-refractivity contribution < 1.29 is 27.8 Å². The summed E-state index contributed by atoms with van der Waals surface area (Å²) in [6.07, 6.45) is 9.19. The van der Waals surface area contributed by atoms with E-state index in [0.29, 0.717) is 12.2 Å². The smallest absolute Gasteiger partial charge is 0.306 e. The van der Waals surface area contributed by atoms with Crippen molar-refractivity contribution in [2.24, 2.45) is 0 Å². The lowest BCUT2D eigenvalue weighted by Gasteiger charge is -2.06. The topological polar surface area (TPSA) is 52.6 Å². The Bertz CT molecular complexity index is 575. The first-order chi connectivity index (χ1) is 13.0. The van der Waals surface area contributed by atoms with Crippen LogP contribution in [0, 0.1) is 11.6 Å². The highest BCUT2D eigenvalue weighted by Gasteiger charge is 2.10.